The summed E-state index contributed by atoms with van der Waals surface area (Å²) in [6, 6.07) is 13.6. The Morgan fingerprint density at radius 3 is 2.46 bits per heavy atom. The topological polar surface area (TPSA) is 65.7 Å². The first-order chi connectivity index (χ1) is 13.6. The molecule has 0 spiro atoms. The Kier molecular flexibility index (Phi) is 4.83. The molecule has 2 aromatic heterocycles. The lowest BCUT2D eigenvalue weighted by molar-refractivity contribution is 0.355. The van der Waals surface area contributed by atoms with Crippen molar-refractivity contribution < 1.29 is 9.47 Å². The van der Waals surface area contributed by atoms with E-state index in [0.29, 0.717) is 26.8 Å². The van der Waals surface area contributed by atoms with Gasteiger partial charge in [-0.15, -0.1) is 10.2 Å². The van der Waals surface area contributed by atoms with Gasteiger partial charge in [0.1, 0.15) is 0 Å². The summed E-state index contributed by atoms with van der Waals surface area (Å²) in [5.41, 5.74) is 2.85. The molecule has 0 saturated heterocycles. The van der Waals surface area contributed by atoms with Crippen molar-refractivity contribution in [2.45, 2.75) is 13.3 Å². The van der Waals surface area contributed by atoms with Crippen LogP contribution in [0.5, 0.6) is 11.5 Å². The highest BCUT2D eigenvalue weighted by Gasteiger charge is 2.16. The van der Waals surface area contributed by atoms with Crippen molar-refractivity contribution >= 4 is 22.4 Å². The number of hydrogen-bond donors (Lipinski definition) is 0. The number of nitrogens with zero attached hydrogens (tertiary/aromatic N) is 3. The fourth-order valence-corrected chi connectivity index (χ4v) is 3.94. The minimum Gasteiger partial charge on any atom is -0.493 e. The van der Waals surface area contributed by atoms with E-state index in [4.69, 9.17) is 9.47 Å². The molecule has 0 fully saturated rings. The zero-order valence-corrected chi connectivity index (χ0v) is 16.6. The Bertz CT molecular complexity index is 1240. The van der Waals surface area contributed by atoms with E-state index < -0.39 is 0 Å². The first-order valence-corrected chi connectivity index (χ1v) is 9.67. The number of benzene rings is 2. The SMILES string of the molecule is CCc1ccc(/C=c2/sc3nnc(-c4ccc(OC)c(OC)c4)n3c2=O)cc1. The number of ether oxygens (including phenoxy) is 2. The third kappa shape index (κ3) is 3.14. The van der Waals surface area contributed by atoms with Crippen LogP contribution < -0.4 is 19.6 Å². The fraction of sp³-hybridized carbons (Fsp3) is 0.190. The molecule has 7 heteroatoms. The van der Waals surface area contributed by atoms with Gasteiger partial charge >= 0.3 is 0 Å². The van der Waals surface area contributed by atoms with Crippen molar-refractivity contribution in [3.8, 4) is 22.9 Å². The van der Waals surface area contributed by atoms with Gasteiger partial charge in [0.15, 0.2) is 17.3 Å². The molecule has 0 N–H and O–H groups in total. The van der Waals surface area contributed by atoms with Crippen LogP contribution in [-0.4, -0.2) is 28.8 Å². The minimum atomic E-state index is -0.130. The third-order valence-electron chi connectivity index (χ3n) is 4.58. The van der Waals surface area contributed by atoms with Crippen molar-refractivity contribution in [1.29, 1.82) is 0 Å². The molecule has 0 saturated carbocycles. The lowest BCUT2D eigenvalue weighted by Gasteiger charge is -2.08. The summed E-state index contributed by atoms with van der Waals surface area (Å²) in [5, 5.41) is 8.38. The van der Waals surface area contributed by atoms with Crippen molar-refractivity contribution in [3.05, 3.63) is 68.5 Å². The van der Waals surface area contributed by atoms with E-state index in [-0.39, 0.29) is 5.56 Å². The zero-order valence-electron chi connectivity index (χ0n) is 15.8. The molecule has 0 aliphatic heterocycles. The predicted molar refractivity (Wildman–Crippen MR) is 110 cm³/mol. The van der Waals surface area contributed by atoms with Crippen LogP contribution in [0.4, 0.5) is 0 Å². The first-order valence-electron chi connectivity index (χ1n) is 8.85. The highest BCUT2D eigenvalue weighted by Crippen LogP contribution is 2.31. The summed E-state index contributed by atoms with van der Waals surface area (Å²) in [5.74, 6) is 1.67. The van der Waals surface area contributed by atoms with Gasteiger partial charge in [-0.3, -0.25) is 4.79 Å². The second kappa shape index (κ2) is 7.44. The number of aryl methyl sites for hydroxylation is 1. The van der Waals surface area contributed by atoms with Gasteiger partial charge in [0.05, 0.1) is 18.8 Å². The molecule has 0 atom stereocenters. The summed E-state index contributed by atoms with van der Waals surface area (Å²) < 4.78 is 12.8. The Hall–Kier alpha value is -3.19. The summed E-state index contributed by atoms with van der Waals surface area (Å²) in [6.45, 7) is 2.12. The van der Waals surface area contributed by atoms with Gasteiger partial charge in [0.2, 0.25) is 4.96 Å². The second-order valence-electron chi connectivity index (χ2n) is 6.22. The number of methoxy groups -OCH3 is 2. The van der Waals surface area contributed by atoms with Crippen LogP contribution >= 0.6 is 11.3 Å². The molecule has 0 amide bonds. The second-order valence-corrected chi connectivity index (χ2v) is 7.23. The van der Waals surface area contributed by atoms with E-state index in [1.54, 1.807) is 26.4 Å². The smallest absolute Gasteiger partial charge is 0.276 e. The summed E-state index contributed by atoms with van der Waals surface area (Å²) in [4.78, 5) is 13.6. The number of aromatic nitrogens is 3. The lowest BCUT2D eigenvalue weighted by Crippen LogP contribution is -2.23. The monoisotopic (exact) mass is 393 g/mol. The van der Waals surface area contributed by atoms with Crippen LogP contribution in [0.25, 0.3) is 22.4 Å². The van der Waals surface area contributed by atoms with Gasteiger partial charge < -0.3 is 9.47 Å². The number of rotatable bonds is 5. The van der Waals surface area contributed by atoms with E-state index in [9.17, 15) is 4.79 Å². The molecule has 0 radical (unpaired) electrons. The molecule has 0 unspecified atom stereocenters. The molecule has 0 aliphatic carbocycles. The average Bonchev–Trinajstić information content (AvgIpc) is 3.28. The Morgan fingerprint density at radius 2 is 1.79 bits per heavy atom. The minimum absolute atomic E-state index is 0.130. The van der Waals surface area contributed by atoms with Crippen molar-refractivity contribution in [1.82, 2.24) is 14.6 Å². The lowest BCUT2D eigenvalue weighted by atomic mass is 10.1. The molecule has 6 nitrogen and oxygen atoms in total. The maximum atomic E-state index is 13.0. The molecule has 0 bridgehead atoms. The quantitative estimate of drug-likeness (QED) is 0.522. The van der Waals surface area contributed by atoms with E-state index in [0.717, 1.165) is 17.5 Å². The third-order valence-corrected chi connectivity index (χ3v) is 5.54. The number of hydrogen-bond acceptors (Lipinski definition) is 6. The van der Waals surface area contributed by atoms with Crippen LogP contribution in [0.15, 0.2) is 47.3 Å². The van der Waals surface area contributed by atoms with Crippen molar-refractivity contribution in [3.63, 3.8) is 0 Å². The number of thiazole rings is 1. The maximum Gasteiger partial charge on any atom is 0.276 e. The highest BCUT2D eigenvalue weighted by atomic mass is 32.1. The number of fused-ring (bicyclic) bond motifs is 1. The molecule has 28 heavy (non-hydrogen) atoms. The molecule has 142 valence electrons. The van der Waals surface area contributed by atoms with Gasteiger partial charge in [-0.1, -0.05) is 42.5 Å². The predicted octanol–water partition coefficient (Wildman–Crippen LogP) is 2.95. The zero-order chi connectivity index (χ0) is 19.7. The Morgan fingerprint density at radius 1 is 1.04 bits per heavy atom. The molecule has 4 aromatic rings. The van der Waals surface area contributed by atoms with Gasteiger partial charge in [-0.05, 0) is 41.8 Å². The van der Waals surface area contributed by atoms with Crippen LogP contribution in [-0.2, 0) is 6.42 Å². The molecule has 2 heterocycles. The van der Waals surface area contributed by atoms with Gasteiger partial charge in [-0.25, -0.2) is 4.40 Å². The summed E-state index contributed by atoms with van der Waals surface area (Å²) >= 11 is 1.33. The van der Waals surface area contributed by atoms with Crippen LogP contribution in [0.3, 0.4) is 0 Å². The van der Waals surface area contributed by atoms with Crippen LogP contribution in [0, 0.1) is 0 Å². The Balaban J connectivity index is 1.83. The molecule has 4 rings (SSSR count). The van der Waals surface area contributed by atoms with E-state index in [1.807, 2.05) is 24.3 Å². The molecule has 0 aliphatic rings. The molecule has 2 aromatic carbocycles. The normalized spacial score (nSPS) is 11.9. The highest BCUT2D eigenvalue weighted by molar-refractivity contribution is 7.15. The van der Waals surface area contributed by atoms with Gasteiger partial charge in [-0.2, -0.15) is 0 Å². The summed E-state index contributed by atoms with van der Waals surface area (Å²) in [7, 11) is 3.15. The fourth-order valence-electron chi connectivity index (χ4n) is 3.03. The maximum absolute atomic E-state index is 13.0. The molecular formula is C21H19N3O3S. The largest absolute Gasteiger partial charge is 0.493 e. The average molecular weight is 393 g/mol. The van der Waals surface area contributed by atoms with Gasteiger partial charge in [0, 0.05) is 5.56 Å². The van der Waals surface area contributed by atoms with Crippen LogP contribution in [0.2, 0.25) is 0 Å². The van der Waals surface area contributed by atoms with Crippen LogP contribution in [0.1, 0.15) is 18.1 Å². The van der Waals surface area contributed by atoms with Crippen molar-refractivity contribution in [2.75, 3.05) is 14.2 Å². The van der Waals surface area contributed by atoms with E-state index >= 15 is 0 Å². The standard InChI is InChI=1S/C21H19N3O3S/c1-4-13-5-7-14(8-6-13)11-18-20(25)24-19(22-23-21(24)28-18)15-9-10-16(26-2)17(12-15)27-3/h5-12H,4H2,1-3H3/b18-11+. The van der Waals surface area contributed by atoms with Crippen molar-refractivity contribution in [2.24, 2.45) is 0 Å². The summed E-state index contributed by atoms with van der Waals surface area (Å²) in [6.07, 6.45) is 2.87. The van der Waals surface area contributed by atoms with E-state index in [1.165, 1.54) is 21.3 Å². The Labute approximate surface area is 165 Å². The van der Waals surface area contributed by atoms with Gasteiger partial charge in [0.25, 0.3) is 5.56 Å². The first kappa shape index (κ1) is 18.2. The van der Waals surface area contributed by atoms with E-state index in [2.05, 4.69) is 29.3 Å². The molecular weight excluding hydrogens is 374 g/mol.